The number of nitrogens with one attached hydrogen (secondary N) is 3. The summed E-state index contributed by atoms with van der Waals surface area (Å²) in [5, 5.41) is 17.2. The molecular formula is C50H58ClN9O8S. The number of H-pyrrole nitrogens is 1. The van der Waals surface area contributed by atoms with Gasteiger partial charge in [-0.1, -0.05) is 43.2 Å². The van der Waals surface area contributed by atoms with Crippen LogP contribution in [0.1, 0.15) is 62.4 Å². The molecule has 0 bridgehead atoms. The molecule has 3 aromatic carbocycles. The molecule has 2 atom stereocenters. The zero-order valence-electron chi connectivity index (χ0n) is 39.1. The zero-order valence-corrected chi connectivity index (χ0v) is 40.7. The summed E-state index contributed by atoms with van der Waals surface area (Å²) < 4.78 is 48.3. The molecule has 2 saturated heterocycles. The van der Waals surface area contributed by atoms with Crippen LogP contribution in [0, 0.1) is 15.5 Å². The topological polar surface area (TPSA) is 188 Å². The second-order valence-corrected chi connectivity index (χ2v) is 21.7. The highest BCUT2D eigenvalue weighted by molar-refractivity contribution is 7.90. The number of amides is 1. The number of nitro benzene ring substituents is 1. The number of allylic oxidation sites excluding steroid dienone is 1. The number of hydrogen-bond acceptors (Lipinski definition) is 14. The molecule has 0 radical (unpaired) electrons. The molecule has 1 amide bonds. The van der Waals surface area contributed by atoms with Crippen LogP contribution in [-0.4, -0.2) is 130 Å². The third-order valence-corrected chi connectivity index (χ3v) is 15.6. The van der Waals surface area contributed by atoms with Crippen LogP contribution in [0.3, 0.4) is 0 Å². The van der Waals surface area contributed by atoms with Gasteiger partial charge in [-0.15, -0.1) is 0 Å². The standard InChI is InChI=1S/C50H58ClN9O8S/c1-32-29-59(44-24-34-11-14-52-47(34)54-49(44)68-32)42-25-38(58-18-16-57(17-19-58)30-35-10-13-50(2,3)28-41(35)33-4-6-36(51)7-5-33)8-9-40(42)48(61)55-69(64,65)39-26-43(60(62)63)46-45(27-39)67-31-37(53-46)12-15-56-20-22-66-23-21-56/h4-9,11,14,24-27,32,37,53H,10,12-13,15-23,28-31H2,1-3H3,(H,52,54)(H,55,61)/t32-,37-/m1/s1. The van der Waals surface area contributed by atoms with Crippen LogP contribution in [0.5, 0.6) is 11.6 Å². The number of ether oxygens (including phenoxy) is 3. The summed E-state index contributed by atoms with van der Waals surface area (Å²) in [5.74, 6) is -0.507. The molecule has 0 spiro atoms. The van der Waals surface area contributed by atoms with Gasteiger partial charge in [-0.25, -0.2) is 13.1 Å². The SMILES string of the molecule is C[C@@H]1CN(c2cc(N3CCN(CC4=C(c5ccc(Cl)cc5)CC(C)(C)CC4)CC3)ccc2C(=O)NS(=O)(=O)c2cc3c(c([N+](=O)[O-])c2)N[C@H](CCN2CCOCC2)CO3)c2cc3cc[nH]c3nc2O1. The smallest absolute Gasteiger partial charge is 0.297 e. The van der Waals surface area contributed by atoms with Crippen molar-refractivity contribution >= 4 is 72.6 Å². The lowest BCUT2D eigenvalue weighted by atomic mass is 9.72. The number of hydrogen-bond donors (Lipinski definition) is 3. The van der Waals surface area contributed by atoms with E-state index in [2.05, 4.69) is 55.7 Å². The van der Waals surface area contributed by atoms with Gasteiger partial charge in [0.25, 0.3) is 21.6 Å². The number of carbonyl (C=O) groups is 1. The summed E-state index contributed by atoms with van der Waals surface area (Å²) in [4.78, 5) is 42.8. The van der Waals surface area contributed by atoms with Crippen molar-refractivity contribution in [3.8, 4) is 11.6 Å². The summed E-state index contributed by atoms with van der Waals surface area (Å²) in [6.07, 6.45) is 5.30. The largest absolute Gasteiger partial charge is 0.489 e. The molecule has 6 heterocycles. The van der Waals surface area contributed by atoms with Crippen LogP contribution < -0.4 is 29.3 Å². The summed E-state index contributed by atoms with van der Waals surface area (Å²) in [7, 11) is -4.67. The quantitative estimate of drug-likeness (QED) is 0.0810. The first-order valence-electron chi connectivity index (χ1n) is 23.8. The second-order valence-electron chi connectivity index (χ2n) is 19.6. The van der Waals surface area contributed by atoms with Gasteiger partial charge in [-0.3, -0.25) is 24.7 Å². The first kappa shape index (κ1) is 46.8. The van der Waals surface area contributed by atoms with Crippen LogP contribution in [0.2, 0.25) is 5.02 Å². The molecule has 5 aromatic rings. The van der Waals surface area contributed by atoms with Crippen LogP contribution in [0.25, 0.3) is 16.6 Å². The second kappa shape index (κ2) is 19.1. The Bertz CT molecular complexity index is 2910. The maximum absolute atomic E-state index is 14.5. The fourth-order valence-electron chi connectivity index (χ4n) is 10.2. The Morgan fingerprint density at radius 1 is 0.986 bits per heavy atom. The Morgan fingerprint density at radius 2 is 1.77 bits per heavy atom. The van der Waals surface area contributed by atoms with E-state index in [0.717, 1.165) is 93.8 Å². The van der Waals surface area contributed by atoms with Crippen molar-refractivity contribution in [3.63, 3.8) is 0 Å². The number of halogens is 1. The molecule has 10 rings (SSSR count). The van der Waals surface area contributed by atoms with Gasteiger partial charge in [0.15, 0.2) is 11.4 Å². The average Bonchev–Trinajstić information content (AvgIpc) is 3.80. The lowest BCUT2D eigenvalue weighted by molar-refractivity contribution is -0.384. The summed E-state index contributed by atoms with van der Waals surface area (Å²) >= 11 is 6.28. The van der Waals surface area contributed by atoms with Crippen LogP contribution in [0.4, 0.5) is 28.4 Å². The van der Waals surface area contributed by atoms with Gasteiger partial charge in [0.1, 0.15) is 24.0 Å². The number of rotatable bonds is 12. The minimum atomic E-state index is -4.67. The van der Waals surface area contributed by atoms with Gasteiger partial charge in [0, 0.05) is 86.8 Å². The van der Waals surface area contributed by atoms with Crippen molar-refractivity contribution in [3.05, 3.63) is 105 Å². The maximum Gasteiger partial charge on any atom is 0.297 e. The van der Waals surface area contributed by atoms with Crippen molar-refractivity contribution < 1.29 is 32.3 Å². The third kappa shape index (κ3) is 10.1. The lowest BCUT2D eigenvalue weighted by Gasteiger charge is -2.40. The first-order valence-corrected chi connectivity index (χ1v) is 25.6. The van der Waals surface area contributed by atoms with Gasteiger partial charge >= 0.3 is 0 Å². The molecule has 2 aromatic heterocycles. The normalized spacial score (nSPS) is 20.9. The van der Waals surface area contributed by atoms with Crippen LogP contribution in [-0.2, 0) is 14.8 Å². The van der Waals surface area contributed by atoms with Gasteiger partial charge in [-0.2, -0.15) is 4.98 Å². The highest BCUT2D eigenvalue weighted by Crippen LogP contribution is 2.45. The van der Waals surface area contributed by atoms with Crippen LogP contribution in [0.15, 0.2) is 83.4 Å². The number of aromatic nitrogens is 2. The van der Waals surface area contributed by atoms with E-state index in [0.29, 0.717) is 49.1 Å². The average molecular weight is 981 g/mol. The molecular weight excluding hydrogens is 922 g/mol. The Hall–Kier alpha value is -5.92. The van der Waals surface area contributed by atoms with Gasteiger partial charge < -0.3 is 34.3 Å². The predicted molar refractivity (Wildman–Crippen MR) is 267 cm³/mol. The predicted octanol–water partition coefficient (Wildman–Crippen LogP) is 7.84. The summed E-state index contributed by atoms with van der Waals surface area (Å²) in [6, 6.07) is 19.4. The van der Waals surface area contributed by atoms with Crippen LogP contribution >= 0.6 is 11.6 Å². The zero-order chi connectivity index (χ0) is 48.0. The molecule has 0 unspecified atom stereocenters. The van der Waals surface area contributed by atoms with Gasteiger partial charge in [0.2, 0.25) is 5.88 Å². The highest BCUT2D eigenvalue weighted by Gasteiger charge is 2.35. The lowest BCUT2D eigenvalue weighted by Crippen LogP contribution is -2.47. The molecule has 0 saturated carbocycles. The summed E-state index contributed by atoms with van der Waals surface area (Å²) in [5.41, 5.74) is 6.66. The minimum absolute atomic E-state index is 0.0219. The van der Waals surface area contributed by atoms with E-state index in [4.69, 9.17) is 30.8 Å². The molecule has 2 fully saturated rings. The molecule has 1 aliphatic carbocycles. The molecule has 19 heteroatoms. The number of carbonyl (C=O) groups excluding carboxylic acids is 1. The fourth-order valence-corrected chi connectivity index (χ4v) is 11.3. The number of sulfonamides is 1. The van der Waals surface area contributed by atoms with Crippen molar-refractivity contribution in [2.24, 2.45) is 5.41 Å². The molecule has 4 aliphatic heterocycles. The Balaban J connectivity index is 0.917. The Labute approximate surface area is 406 Å². The number of benzene rings is 3. The number of nitro groups is 1. The minimum Gasteiger partial charge on any atom is -0.489 e. The number of aromatic amines is 1. The number of nitrogens with zero attached hydrogens (tertiary/aromatic N) is 6. The molecule has 69 heavy (non-hydrogen) atoms. The molecule has 3 N–H and O–H groups in total. The van der Waals surface area contributed by atoms with Crippen molar-refractivity contribution in [1.29, 1.82) is 0 Å². The van der Waals surface area contributed by atoms with Crippen molar-refractivity contribution in [2.75, 3.05) is 93.8 Å². The van der Waals surface area contributed by atoms with E-state index in [1.807, 2.05) is 48.2 Å². The van der Waals surface area contributed by atoms with E-state index >= 15 is 0 Å². The van der Waals surface area contributed by atoms with E-state index in [1.165, 1.54) is 22.8 Å². The molecule has 364 valence electrons. The van der Waals surface area contributed by atoms with Gasteiger partial charge in [-0.05, 0) is 91.6 Å². The summed E-state index contributed by atoms with van der Waals surface area (Å²) in [6.45, 7) is 14.8. The first-order chi connectivity index (χ1) is 33.2. The fraction of sp³-hybridized carbons (Fsp3) is 0.440. The molecule has 17 nitrogen and oxygen atoms in total. The Kier molecular flexibility index (Phi) is 13.0. The van der Waals surface area contributed by atoms with E-state index in [9.17, 15) is 23.3 Å². The van der Waals surface area contributed by atoms with E-state index < -0.39 is 31.4 Å². The molecule has 5 aliphatic rings. The van der Waals surface area contributed by atoms with Crippen molar-refractivity contribution in [1.82, 2.24) is 24.5 Å². The number of anilines is 4. The van der Waals surface area contributed by atoms with E-state index in [-0.39, 0.29) is 41.2 Å². The number of fused-ring (bicyclic) bond motifs is 3. The van der Waals surface area contributed by atoms with E-state index in [1.54, 1.807) is 12.3 Å². The Morgan fingerprint density at radius 3 is 2.54 bits per heavy atom. The number of morpholine rings is 1. The number of piperazine rings is 1. The third-order valence-electron chi connectivity index (χ3n) is 14.0. The van der Waals surface area contributed by atoms with Crippen molar-refractivity contribution in [2.45, 2.75) is 63.5 Å². The number of pyridine rings is 1. The maximum atomic E-state index is 14.5. The highest BCUT2D eigenvalue weighted by atomic mass is 35.5. The van der Waals surface area contributed by atoms with Gasteiger partial charge in [0.05, 0.1) is 46.9 Å². The monoisotopic (exact) mass is 979 g/mol.